The Labute approximate surface area is 114 Å². The van der Waals surface area contributed by atoms with Crippen molar-refractivity contribution in [2.45, 2.75) is 0 Å². The summed E-state index contributed by atoms with van der Waals surface area (Å²) >= 11 is 0. The van der Waals surface area contributed by atoms with Crippen molar-refractivity contribution in [1.82, 2.24) is 15.0 Å². The maximum atomic E-state index is 13.4. The van der Waals surface area contributed by atoms with Gasteiger partial charge in [-0.25, -0.2) is 14.4 Å². The van der Waals surface area contributed by atoms with Gasteiger partial charge in [0.2, 0.25) is 0 Å². The predicted octanol–water partition coefficient (Wildman–Crippen LogP) is 2.68. The summed E-state index contributed by atoms with van der Waals surface area (Å²) in [6, 6.07) is 6.87. The molecular weight excluding hydrogens is 257 g/mol. The van der Waals surface area contributed by atoms with E-state index >= 15 is 0 Å². The zero-order chi connectivity index (χ0) is 14.1. The lowest BCUT2D eigenvalue weighted by atomic mass is 10.1. The van der Waals surface area contributed by atoms with Gasteiger partial charge in [0.25, 0.3) is 0 Å². The Balaban J connectivity index is 2.30. The predicted molar refractivity (Wildman–Crippen MR) is 73.5 cm³/mol. The standard InChI is InChI=1S/C14H10FN5/c1-17-12-3-2-8(5-16)13(20-12)11-7-19-14-10(11)4-9(15)6-18-14/h2-4,6-7H,1H3,(H,17,20)(H,18,19). The minimum absolute atomic E-state index is 0.425. The Morgan fingerprint density at radius 1 is 1.40 bits per heavy atom. The molecule has 0 amide bonds. The fourth-order valence-electron chi connectivity index (χ4n) is 2.07. The van der Waals surface area contributed by atoms with Gasteiger partial charge in [-0.3, -0.25) is 0 Å². The molecule has 3 aromatic heterocycles. The van der Waals surface area contributed by atoms with Gasteiger partial charge < -0.3 is 10.3 Å². The van der Waals surface area contributed by atoms with Crippen molar-refractivity contribution in [3.63, 3.8) is 0 Å². The molecule has 0 unspecified atom stereocenters. The van der Waals surface area contributed by atoms with Gasteiger partial charge in [-0.1, -0.05) is 0 Å². The van der Waals surface area contributed by atoms with E-state index in [1.807, 2.05) is 0 Å². The Morgan fingerprint density at radius 3 is 3.00 bits per heavy atom. The lowest BCUT2D eigenvalue weighted by Crippen LogP contribution is -1.96. The van der Waals surface area contributed by atoms with E-state index in [0.29, 0.717) is 33.7 Å². The maximum Gasteiger partial charge on any atom is 0.142 e. The van der Waals surface area contributed by atoms with Crippen molar-refractivity contribution in [1.29, 1.82) is 5.26 Å². The Hall–Kier alpha value is -2.94. The lowest BCUT2D eigenvalue weighted by Gasteiger charge is -2.05. The first-order valence-electron chi connectivity index (χ1n) is 5.95. The number of aromatic nitrogens is 3. The monoisotopic (exact) mass is 267 g/mol. The van der Waals surface area contributed by atoms with Gasteiger partial charge in [0.15, 0.2) is 0 Å². The topological polar surface area (TPSA) is 77.4 Å². The van der Waals surface area contributed by atoms with E-state index < -0.39 is 5.82 Å². The molecule has 0 aliphatic rings. The fourth-order valence-corrected chi connectivity index (χ4v) is 2.07. The first-order chi connectivity index (χ1) is 9.72. The Morgan fingerprint density at radius 2 is 2.25 bits per heavy atom. The molecule has 3 heterocycles. The van der Waals surface area contributed by atoms with Crippen LogP contribution in [0.4, 0.5) is 10.2 Å². The van der Waals surface area contributed by atoms with Crippen molar-refractivity contribution < 1.29 is 4.39 Å². The number of H-pyrrole nitrogens is 1. The summed E-state index contributed by atoms with van der Waals surface area (Å²) in [6.45, 7) is 0. The number of hydrogen-bond donors (Lipinski definition) is 2. The highest BCUT2D eigenvalue weighted by atomic mass is 19.1. The maximum absolute atomic E-state index is 13.4. The summed E-state index contributed by atoms with van der Waals surface area (Å²) in [6.07, 6.45) is 2.82. The normalized spacial score (nSPS) is 10.4. The molecule has 5 nitrogen and oxygen atoms in total. The minimum Gasteiger partial charge on any atom is -0.373 e. The van der Waals surface area contributed by atoms with E-state index in [-0.39, 0.29) is 0 Å². The summed E-state index contributed by atoms with van der Waals surface area (Å²) in [5, 5.41) is 12.7. The Kier molecular flexibility index (Phi) is 2.80. The van der Waals surface area contributed by atoms with E-state index in [0.717, 1.165) is 6.20 Å². The number of halogens is 1. The van der Waals surface area contributed by atoms with E-state index in [4.69, 9.17) is 0 Å². The second-order valence-corrected chi connectivity index (χ2v) is 4.21. The number of pyridine rings is 2. The number of nitrogens with zero attached hydrogens (tertiary/aromatic N) is 3. The molecule has 98 valence electrons. The number of nitriles is 1. The average Bonchev–Trinajstić information content (AvgIpc) is 2.89. The Bertz CT molecular complexity index is 831. The fraction of sp³-hybridized carbons (Fsp3) is 0.0714. The molecule has 2 N–H and O–H groups in total. The van der Waals surface area contributed by atoms with Gasteiger partial charge in [0.05, 0.1) is 17.5 Å². The molecule has 0 spiro atoms. The largest absolute Gasteiger partial charge is 0.373 e. The van der Waals surface area contributed by atoms with Crippen LogP contribution in [0.25, 0.3) is 22.3 Å². The SMILES string of the molecule is CNc1ccc(C#N)c(-c2c[nH]c3ncc(F)cc23)n1. The van der Waals surface area contributed by atoms with Crippen molar-refractivity contribution in [3.8, 4) is 17.3 Å². The number of fused-ring (bicyclic) bond motifs is 1. The van der Waals surface area contributed by atoms with Crippen molar-refractivity contribution >= 4 is 16.9 Å². The van der Waals surface area contributed by atoms with E-state index in [1.165, 1.54) is 6.07 Å². The summed E-state index contributed by atoms with van der Waals surface area (Å²) < 4.78 is 13.4. The number of aromatic amines is 1. The smallest absolute Gasteiger partial charge is 0.142 e. The van der Waals surface area contributed by atoms with Crippen molar-refractivity contribution in [2.24, 2.45) is 0 Å². The second-order valence-electron chi connectivity index (χ2n) is 4.21. The van der Waals surface area contributed by atoms with Crippen LogP contribution in [0.2, 0.25) is 0 Å². The van der Waals surface area contributed by atoms with Crippen LogP contribution >= 0.6 is 0 Å². The van der Waals surface area contributed by atoms with Crippen LogP contribution in [0, 0.1) is 17.1 Å². The van der Waals surface area contributed by atoms with Crippen molar-refractivity contribution in [3.05, 3.63) is 42.0 Å². The summed E-state index contributed by atoms with van der Waals surface area (Å²) in [5.41, 5.74) is 2.13. The number of rotatable bonds is 2. The zero-order valence-corrected chi connectivity index (χ0v) is 10.6. The first-order valence-corrected chi connectivity index (χ1v) is 5.95. The van der Waals surface area contributed by atoms with Crippen LogP contribution in [0.1, 0.15) is 5.56 Å². The van der Waals surface area contributed by atoms with Gasteiger partial charge in [-0.05, 0) is 18.2 Å². The summed E-state index contributed by atoms with van der Waals surface area (Å²) in [4.78, 5) is 11.3. The number of anilines is 1. The van der Waals surface area contributed by atoms with Crippen LogP contribution in [0.5, 0.6) is 0 Å². The molecule has 0 saturated heterocycles. The van der Waals surface area contributed by atoms with Crippen LogP contribution in [0.15, 0.2) is 30.6 Å². The highest BCUT2D eigenvalue weighted by Crippen LogP contribution is 2.29. The molecule has 0 bridgehead atoms. The first kappa shape index (κ1) is 12.1. The van der Waals surface area contributed by atoms with Crippen LogP contribution < -0.4 is 5.32 Å². The van der Waals surface area contributed by atoms with Crippen LogP contribution in [0.3, 0.4) is 0 Å². The molecule has 0 atom stereocenters. The van der Waals surface area contributed by atoms with Gasteiger partial charge in [-0.15, -0.1) is 0 Å². The quantitative estimate of drug-likeness (QED) is 0.748. The highest BCUT2D eigenvalue weighted by Gasteiger charge is 2.14. The molecule has 6 heteroatoms. The highest BCUT2D eigenvalue weighted by molar-refractivity contribution is 5.94. The van der Waals surface area contributed by atoms with E-state index in [9.17, 15) is 9.65 Å². The molecule has 0 radical (unpaired) electrons. The summed E-state index contributed by atoms with van der Waals surface area (Å²) in [7, 11) is 1.74. The van der Waals surface area contributed by atoms with E-state index in [2.05, 4.69) is 26.3 Å². The van der Waals surface area contributed by atoms with E-state index in [1.54, 1.807) is 25.4 Å². The molecule has 0 saturated carbocycles. The number of nitrogens with one attached hydrogen (secondary N) is 2. The third kappa shape index (κ3) is 1.86. The molecule has 3 aromatic rings. The van der Waals surface area contributed by atoms with Gasteiger partial charge >= 0.3 is 0 Å². The van der Waals surface area contributed by atoms with Gasteiger partial charge in [0, 0.05) is 24.2 Å². The third-order valence-corrected chi connectivity index (χ3v) is 3.02. The van der Waals surface area contributed by atoms with Crippen molar-refractivity contribution in [2.75, 3.05) is 12.4 Å². The molecule has 20 heavy (non-hydrogen) atoms. The summed E-state index contributed by atoms with van der Waals surface area (Å²) in [5.74, 6) is 0.208. The van der Waals surface area contributed by atoms with Gasteiger partial charge in [-0.2, -0.15) is 5.26 Å². The molecule has 0 aliphatic heterocycles. The van der Waals surface area contributed by atoms with Crippen LogP contribution in [-0.2, 0) is 0 Å². The zero-order valence-electron chi connectivity index (χ0n) is 10.6. The third-order valence-electron chi connectivity index (χ3n) is 3.02. The molecule has 0 aromatic carbocycles. The molecule has 0 fully saturated rings. The number of hydrogen-bond acceptors (Lipinski definition) is 4. The van der Waals surface area contributed by atoms with Crippen LogP contribution in [-0.4, -0.2) is 22.0 Å². The second kappa shape index (κ2) is 4.63. The van der Waals surface area contributed by atoms with Gasteiger partial charge in [0.1, 0.15) is 23.4 Å². The minimum atomic E-state index is -0.429. The average molecular weight is 267 g/mol. The molecule has 3 rings (SSSR count). The lowest BCUT2D eigenvalue weighted by molar-refractivity contribution is 0.624. The molecular formula is C14H10FN5. The molecule has 0 aliphatic carbocycles.